The number of carbonyl (C=O) groups is 1. The van der Waals surface area contributed by atoms with Gasteiger partial charge in [-0.2, -0.15) is 0 Å². The molecular weight excluding hydrogens is 323 g/mol. The Morgan fingerprint density at radius 2 is 1.91 bits per heavy atom. The number of hydrogen-bond donors (Lipinski definition) is 0. The largest absolute Gasteiger partial charge is 0.466 e. The van der Waals surface area contributed by atoms with Gasteiger partial charge in [0.1, 0.15) is 4.84 Å². The molecule has 0 aliphatic rings. The molecule has 0 aromatic rings. The predicted molar refractivity (Wildman–Crippen MR) is 52.4 cm³/mol. The van der Waals surface area contributed by atoms with Gasteiger partial charge in [-0.25, -0.2) is 4.79 Å². The third-order valence-corrected chi connectivity index (χ3v) is 2.12. The molecular formula is C5H4Br2Cl2O2. The van der Waals surface area contributed by atoms with Crippen molar-refractivity contribution in [2.45, 2.75) is 4.84 Å². The number of alkyl halides is 2. The van der Waals surface area contributed by atoms with Crippen LogP contribution in [0, 0.1) is 0 Å². The van der Waals surface area contributed by atoms with Crippen LogP contribution in [0.2, 0.25) is 0 Å². The highest BCUT2D eigenvalue weighted by Gasteiger charge is 2.20. The molecule has 11 heavy (non-hydrogen) atoms. The maximum absolute atomic E-state index is 10.9. The van der Waals surface area contributed by atoms with Crippen molar-refractivity contribution in [3.05, 3.63) is 8.96 Å². The van der Waals surface area contributed by atoms with Crippen LogP contribution in [0.15, 0.2) is 8.96 Å². The van der Waals surface area contributed by atoms with Crippen LogP contribution in [0.1, 0.15) is 0 Å². The Bertz CT molecular complexity index is 187. The van der Waals surface area contributed by atoms with Gasteiger partial charge in [0.25, 0.3) is 0 Å². The molecule has 0 bridgehead atoms. The van der Waals surface area contributed by atoms with Gasteiger partial charge >= 0.3 is 5.97 Å². The van der Waals surface area contributed by atoms with E-state index in [1.165, 1.54) is 7.11 Å². The summed E-state index contributed by atoms with van der Waals surface area (Å²) >= 11 is 16.9. The molecule has 0 amide bonds. The fourth-order valence-electron chi connectivity index (χ4n) is 0.359. The second-order valence-electron chi connectivity index (χ2n) is 1.47. The maximum Gasteiger partial charge on any atom is 0.338 e. The van der Waals surface area contributed by atoms with Gasteiger partial charge in [-0.15, -0.1) is 0 Å². The Morgan fingerprint density at radius 3 is 2.00 bits per heavy atom. The molecule has 0 aromatic heterocycles. The molecule has 0 atom stereocenters. The number of hydrogen-bond acceptors (Lipinski definition) is 2. The van der Waals surface area contributed by atoms with Crippen molar-refractivity contribution in [2.24, 2.45) is 0 Å². The summed E-state index contributed by atoms with van der Waals surface area (Å²) in [7, 11) is 1.25. The van der Waals surface area contributed by atoms with Crippen molar-refractivity contribution in [2.75, 3.05) is 7.11 Å². The van der Waals surface area contributed by atoms with Crippen molar-refractivity contribution >= 4 is 61.0 Å². The van der Waals surface area contributed by atoms with E-state index in [-0.39, 0.29) is 5.57 Å². The van der Waals surface area contributed by atoms with Crippen LogP contribution in [0.4, 0.5) is 0 Å². The van der Waals surface area contributed by atoms with Gasteiger partial charge in [0.2, 0.25) is 0 Å². The molecule has 2 nitrogen and oxygen atoms in total. The standard InChI is InChI=1S/C5H4Br2Cl2O2/c1-11-5(10)2(3(6)7)4(8)9/h4H,1H3. The van der Waals surface area contributed by atoms with Crippen molar-refractivity contribution in [1.82, 2.24) is 0 Å². The first-order valence-electron chi connectivity index (χ1n) is 2.42. The molecule has 0 aromatic carbocycles. The summed E-state index contributed by atoms with van der Waals surface area (Å²) in [6.07, 6.45) is 0. The maximum atomic E-state index is 10.9. The van der Waals surface area contributed by atoms with E-state index in [2.05, 4.69) is 36.6 Å². The summed E-state index contributed by atoms with van der Waals surface area (Å²) in [6, 6.07) is 0. The van der Waals surface area contributed by atoms with E-state index in [9.17, 15) is 4.79 Å². The van der Waals surface area contributed by atoms with E-state index >= 15 is 0 Å². The average Bonchev–Trinajstić information content (AvgIpc) is 1.85. The SMILES string of the molecule is COC(=O)C(=C(Br)Br)C(Cl)Cl. The molecule has 0 unspecified atom stereocenters. The third kappa shape index (κ3) is 3.78. The first-order valence-corrected chi connectivity index (χ1v) is 4.88. The summed E-state index contributed by atoms with van der Waals surface area (Å²) in [5.41, 5.74) is 0.149. The molecule has 6 heteroatoms. The van der Waals surface area contributed by atoms with Crippen LogP contribution in [-0.4, -0.2) is 17.9 Å². The quantitative estimate of drug-likeness (QED) is 0.443. The van der Waals surface area contributed by atoms with Gasteiger partial charge in [0.05, 0.1) is 16.1 Å². The first kappa shape index (κ1) is 11.8. The van der Waals surface area contributed by atoms with Gasteiger partial charge in [-0.05, 0) is 31.9 Å². The monoisotopic (exact) mass is 324 g/mol. The molecule has 0 fully saturated rings. The summed E-state index contributed by atoms with van der Waals surface area (Å²) in [5, 5.41) is 0. The molecule has 0 rings (SSSR count). The van der Waals surface area contributed by atoms with Crippen molar-refractivity contribution in [1.29, 1.82) is 0 Å². The smallest absolute Gasteiger partial charge is 0.338 e. The zero-order valence-electron chi connectivity index (χ0n) is 5.41. The number of rotatable bonds is 2. The highest BCUT2D eigenvalue weighted by molar-refractivity contribution is 9.28. The van der Waals surface area contributed by atoms with E-state index in [4.69, 9.17) is 23.2 Å². The highest BCUT2D eigenvalue weighted by atomic mass is 79.9. The lowest BCUT2D eigenvalue weighted by Gasteiger charge is -2.04. The number of halogens is 4. The molecule has 0 aliphatic carbocycles. The lowest BCUT2D eigenvalue weighted by atomic mass is 10.3. The minimum atomic E-state index is -0.906. The summed E-state index contributed by atoms with van der Waals surface area (Å²) in [6.45, 7) is 0. The average molecular weight is 327 g/mol. The lowest BCUT2D eigenvalue weighted by Crippen LogP contribution is -2.10. The van der Waals surface area contributed by atoms with Crippen molar-refractivity contribution in [3.8, 4) is 0 Å². The molecule has 0 N–H and O–H groups in total. The highest BCUT2D eigenvalue weighted by Crippen LogP contribution is 2.27. The van der Waals surface area contributed by atoms with E-state index in [1.54, 1.807) is 0 Å². The van der Waals surface area contributed by atoms with Gasteiger partial charge < -0.3 is 4.74 Å². The zero-order valence-corrected chi connectivity index (χ0v) is 10.1. The third-order valence-electron chi connectivity index (χ3n) is 0.827. The fourth-order valence-corrected chi connectivity index (χ4v) is 2.06. The van der Waals surface area contributed by atoms with Crippen molar-refractivity contribution < 1.29 is 9.53 Å². The van der Waals surface area contributed by atoms with E-state index < -0.39 is 10.8 Å². The lowest BCUT2D eigenvalue weighted by molar-refractivity contribution is -0.136. The minimum Gasteiger partial charge on any atom is -0.466 e. The van der Waals surface area contributed by atoms with Crippen LogP contribution in [0.5, 0.6) is 0 Å². The minimum absolute atomic E-state index is 0.149. The first-order chi connectivity index (χ1) is 5.00. The Morgan fingerprint density at radius 1 is 1.45 bits per heavy atom. The van der Waals surface area contributed by atoms with E-state index in [0.29, 0.717) is 3.39 Å². The van der Waals surface area contributed by atoms with Crippen LogP contribution < -0.4 is 0 Å². The molecule has 0 saturated heterocycles. The topological polar surface area (TPSA) is 26.3 Å². The zero-order chi connectivity index (χ0) is 9.02. The van der Waals surface area contributed by atoms with Gasteiger partial charge in [0, 0.05) is 0 Å². The van der Waals surface area contributed by atoms with E-state index in [0.717, 1.165) is 0 Å². The molecule has 0 spiro atoms. The molecule has 0 saturated carbocycles. The second-order valence-corrected chi connectivity index (χ2v) is 5.21. The van der Waals surface area contributed by atoms with Crippen LogP contribution >= 0.6 is 55.1 Å². The van der Waals surface area contributed by atoms with E-state index in [1.807, 2.05) is 0 Å². The number of esters is 1. The van der Waals surface area contributed by atoms with Crippen LogP contribution in [-0.2, 0) is 9.53 Å². The van der Waals surface area contributed by atoms with Gasteiger partial charge in [-0.3, -0.25) is 0 Å². The fraction of sp³-hybridized carbons (Fsp3) is 0.400. The van der Waals surface area contributed by atoms with Crippen LogP contribution in [0.25, 0.3) is 0 Å². The van der Waals surface area contributed by atoms with Crippen molar-refractivity contribution in [3.63, 3.8) is 0 Å². The molecule has 64 valence electrons. The van der Waals surface area contributed by atoms with Gasteiger partial charge in [-0.1, -0.05) is 23.2 Å². The summed E-state index contributed by atoms with van der Waals surface area (Å²) in [4.78, 5) is 9.98. The molecule has 0 aliphatic heterocycles. The normalized spacial score (nSPS) is 9.64. The molecule has 0 radical (unpaired) electrons. The second kappa shape index (κ2) is 5.41. The number of carbonyl (C=O) groups excluding carboxylic acids is 1. The molecule has 0 heterocycles. The number of methoxy groups -OCH3 is 1. The number of ether oxygens (including phenoxy) is 1. The Kier molecular flexibility index (Phi) is 5.77. The van der Waals surface area contributed by atoms with Crippen LogP contribution in [0.3, 0.4) is 0 Å². The summed E-state index contributed by atoms with van der Waals surface area (Å²) in [5.74, 6) is -0.566. The van der Waals surface area contributed by atoms with Gasteiger partial charge in [0.15, 0.2) is 0 Å². The Hall–Kier alpha value is 0.750. The predicted octanol–water partition coefficient (Wildman–Crippen LogP) is 2.96. The Labute approximate surface area is 91.1 Å². The Balaban J connectivity index is 4.64. The summed E-state index contributed by atoms with van der Waals surface area (Å²) < 4.78 is 4.80.